The monoisotopic (exact) mass is 604 g/mol. The Morgan fingerprint density at radius 1 is 1.12 bits per heavy atom. The van der Waals surface area contributed by atoms with Crippen molar-refractivity contribution in [2.24, 2.45) is 5.92 Å². The van der Waals surface area contributed by atoms with Crippen molar-refractivity contribution < 1.29 is 27.6 Å². The van der Waals surface area contributed by atoms with Gasteiger partial charge in [0.25, 0.3) is 0 Å². The molecule has 224 valence electrons. The van der Waals surface area contributed by atoms with Crippen LogP contribution < -0.4 is 5.32 Å². The van der Waals surface area contributed by atoms with E-state index in [9.17, 15) is 27.6 Å². The summed E-state index contributed by atoms with van der Waals surface area (Å²) in [5.74, 6) is -1.50. The number of likely N-dealkylation sites (tertiary alicyclic amines) is 1. The molecule has 13 heteroatoms. The molecule has 1 saturated heterocycles. The second-order valence-corrected chi connectivity index (χ2v) is 11.4. The molecule has 3 aliphatic heterocycles. The first-order valence-corrected chi connectivity index (χ1v) is 14.2. The van der Waals surface area contributed by atoms with E-state index < -0.39 is 24.5 Å². The molecule has 0 unspecified atom stereocenters. The van der Waals surface area contributed by atoms with Crippen LogP contribution >= 0.6 is 11.6 Å². The van der Waals surface area contributed by atoms with Crippen LogP contribution in [0.4, 0.5) is 23.7 Å². The summed E-state index contributed by atoms with van der Waals surface area (Å²) < 4.78 is 38.6. The molecule has 0 saturated carbocycles. The minimum Gasteiger partial charge on any atom is -0.329 e. The lowest BCUT2D eigenvalue weighted by Gasteiger charge is -2.39. The third-order valence-corrected chi connectivity index (χ3v) is 8.41. The van der Waals surface area contributed by atoms with Crippen molar-refractivity contribution in [3.63, 3.8) is 0 Å². The topological polar surface area (TPSA) is 102 Å². The van der Waals surface area contributed by atoms with Gasteiger partial charge in [-0.2, -0.15) is 18.3 Å². The van der Waals surface area contributed by atoms with Crippen molar-refractivity contribution in [3.8, 4) is 0 Å². The summed E-state index contributed by atoms with van der Waals surface area (Å²) in [6.07, 6.45) is -0.296. The standard InChI is InChI=1S/C15H13ClF3N3O2.C14H19N3O/c16-12-4-9-3-8(1-2-23)14(24)22(7-15(17,18)19)6-11(9)10-5-20-21-13(10)12;1-16-8-6-12(7-9-16)17-10-11-4-2-3-5-13(11)15-14(17)18/h2,4-5,8H,1,3,6-7H2,(H,20,21);2-5,12H,6-10H2,1H3,(H,15,18)/t8-;/m1./s1. The molecule has 0 radical (unpaired) electrons. The third kappa shape index (κ3) is 6.54. The molecule has 0 aliphatic carbocycles. The maximum Gasteiger partial charge on any atom is 0.406 e. The zero-order valence-corrected chi connectivity index (χ0v) is 23.8. The Bertz CT molecular complexity index is 1470. The van der Waals surface area contributed by atoms with E-state index in [1.54, 1.807) is 6.07 Å². The Labute approximate surface area is 246 Å². The predicted octanol–water partition coefficient (Wildman–Crippen LogP) is 5.00. The zero-order valence-electron chi connectivity index (χ0n) is 23.1. The molecule has 6 rings (SSSR count). The highest BCUT2D eigenvalue weighted by Gasteiger charge is 2.38. The molecule has 1 atom stereocenters. The van der Waals surface area contributed by atoms with Gasteiger partial charge < -0.3 is 24.8 Å². The van der Waals surface area contributed by atoms with Gasteiger partial charge in [0.1, 0.15) is 12.8 Å². The number of hydrogen-bond donors (Lipinski definition) is 2. The Balaban J connectivity index is 0.000000175. The minimum absolute atomic E-state index is 0.0586. The first kappa shape index (κ1) is 29.8. The van der Waals surface area contributed by atoms with Crippen LogP contribution in [0.5, 0.6) is 0 Å². The number of carbonyl (C=O) groups is 3. The van der Waals surface area contributed by atoms with E-state index >= 15 is 0 Å². The molecule has 2 N–H and O–H groups in total. The summed E-state index contributed by atoms with van der Waals surface area (Å²) >= 11 is 6.17. The minimum atomic E-state index is -4.52. The van der Waals surface area contributed by atoms with Crippen molar-refractivity contribution in [1.82, 2.24) is 24.9 Å². The number of benzene rings is 2. The molecule has 0 spiro atoms. The summed E-state index contributed by atoms with van der Waals surface area (Å²) in [5, 5.41) is 10.5. The molecule has 42 heavy (non-hydrogen) atoms. The van der Waals surface area contributed by atoms with Crippen molar-refractivity contribution in [2.45, 2.75) is 51.0 Å². The third-order valence-electron chi connectivity index (χ3n) is 8.11. The molecule has 3 amide bonds. The van der Waals surface area contributed by atoms with E-state index in [4.69, 9.17) is 11.6 Å². The first-order chi connectivity index (χ1) is 20.0. The van der Waals surface area contributed by atoms with Gasteiger partial charge >= 0.3 is 12.2 Å². The summed E-state index contributed by atoms with van der Waals surface area (Å²) in [7, 11) is 2.14. The van der Waals surface area contributed by atoms with Crippen LogP contribution in [0.25, 0.3) is 10.9 Å². The number of alkyl halides is 3. The fraction of sp³-hybridized carbons (Fsp3) is 0.448. The van der Waals surface area contributed by atoms with Crippen LogP contribution in [0, 0.1) is 5.92 Å². The maximum absolute atomic E-state index is 12.9. The lowest BCUT2D eigenvalue weighted by atomic mass is 9.93. The van der Waals surface area contributed by atoms with Crippen LogP contribution in [-0.4, -0.2) is 82.0 Å². The van der Waals surface area contributed by atoms with E-state index in [-0.39, 0.29) is 25.4 Å². The summed E-state index contributed by atoms with van der Waals surface area (Å²) in [6, 6.07) is 10.1. The molecule has 4 heterocycles. The Morgan fingerprint density at radius 3 is 2.57 bits per heavy atom. The highest BCUT2D eigenvalue weighted by Crippen LogP contribution is 2.35. The number of nitrogens with zero attached hydrogens (tertiary/aromatic N) is 4. The SMILES string of the molecule is CN1CCC(N2Cc3ccccc3NC2=O)CC1.O=CC[C@@H]1Cc2cc(Cl)c3[nH]ncc3c2CN(CC(F)(F)F)C1=O. The number of aldehydes is 1. The number of para-hydroxylation sites is 1. The van der Waals surface area contributed by atoms with Gasteiger partial charge in [0, 0.05) is 42.5 Å². The van der Waals surface area contributed by atoms with Gasteiger partial charge in [-0.25, -0.2) is 4.79 Å². The molecule has 3 aromatic rings. The van der Waals surface area contributed by atoms with Gasteiger partial charge in [-0.05, 0) is 68.2 Å². The Kier molecular flexibility index (Phi) is 8.74. The number of nitrogens with one attached hydrogen (secondary N) is 2. The number of urea groups is 1. The number of piperidine rings is 1. The van der Waals surface area contributed by atoms with Crippen LogP contribution in [0.1, 0.15) is 36.0 Å². The second-order valence-electron chi connectivity index (χ2n) is 11.0. The normalized spacial score (nSPS) is 19.9. The van der Waals surface area contributed by atoms with Gasteiger partial charge in [-0.15, -0.1) is 0 Å². The maximum atomic E-state index is 12.9. The Morgan fingerprint density at radius 2 is 1.86 bits per heavy atom. The van der Waals surface area contributed by atoms with E-state index in [1.165, 1.54) is 11.8 Å². The lowest BCUT2D eigenvalue weighted by molar-refractivity contribution is -0.164. The van der Waals surface area contributed by atoms with Crippen molar-refractivity contribution >= 4 is 46.4 Å². The quantitative estimate of drug-likeness (QED) is 0.408. The lowest BCUT2D eigenvalue weighted by Crippen LogP contribution is -2.49. The van der Waals surface area contributed by atoms with Gasteiger partial charge in [0.15, 0.2) is 0 Å². The van der Waals surface area contributed by atoms with Crippen LogP contribution in [0.3, 0.4) is 0 Å². The molecule has 1 fully saturated rings. The summed E-state index contributed by atoms with van der Waals surface area (Å²) in [5.41, 5.74) is 3.94. The number of aromatic nitrogens is 2. The molecule has 9 nitrogen and oxygen atoms in total. The molecule has 1 aromatic heterocycles. The number of fused-ring (bicyclic) bond motifs is 4. The number of anilines is 1. The number of rotatable bonds is 4. The van der Waals surface area contributed by atoms with E-state index in [1.807, 2.05) is 23.1 Å². The molecular weight excluding hydrogens is 573 g/mol. The number of carbonyl (C=O) groups excluding carboxylic acids is 3. The van der Waals surface area contributed by atoms with Crippen molar-refractivity contribution in [1.29, 1.82) is 0 Å². The first-order valence-electron chi connectivity index (χ1n) is 13.8. The van der Waals surface area contributed by atoms with E-state index in [2.05, 4.69) is 33.5 Å². The van der Waals surface area contributed by atoms with E-state index in [0.29, 0.717) is 39.4 Å². The number of H-pyrrole nitrogens is 1. The molecule has 3 aliphatic rings. The Hall–Kier alpha value is -3.64. The van der Waals surface area contributed by atoms with E-state index in [0.717, 1.165) is 43.1 Å². The smallest absolute Gasteiger partial charge is 0.329 e. The van der Waals surface area contributed by atoms with Gasteiger partial charge in [0.2, 0.25) is 5.91 Å². The molecule has 0 bridgehead atoms. The fourth-order valence-corrected chi connectivity index (χ4v) is 6.18. The summed E-state index contributed by atoms with van der Waals surface area (Å²) in [4.78, 5) is 40.5. The summed E-state index contributed by atoms with van der Waals surface area (Å²) in [6.45, 7) is 1.35. The largest absolute Gasteiger partial charge is 0.406 e. The van der Waals surface area contributed by atoms with Crippen molar-refractivity contribution in [3.05, 3.63) is 58.2 Å². The van der Waals surface area contributed by atoms with Crippen LogP contribution in [-0.2, 0) is 29.1 Å². The number of aromatic amines is 1. The molecular formula is C29H32ClF3N6O3. The highest BCUT2D eigenvalue weighted by atomic mass is 35.5. The highest BCUT2D eigenvalue weighted by molar-refractivity contribution is 6.35. The van der Waals surface area contributed by atoms with Crippen molar-refractivity contribution in [2.75, 3.05) is 32.0 Å². The van der Waals surface area contributed by atoms with Gasteiger partial charge in [-0.1, -0.05) is 29.8 Å². The van der Waals surface area contributed by atoms with Gasteiger partial charge in [-0.3, -0.25) is 9.89 Å². The second kappa shape index (κ2) is 12.3. The number of hydrogen-bond acceptors (Lipinski definition) is 5. The average molecular weight is 605 g/mol. The number of halogens is 4. The predicted molar refractivity (Wildman–Crippen MR) is 152 cm³/mol. The number of amides is 3. The van der Waals surface area contributed by atoms with Crippen LogP contribution in [0.2, 0.25) is 5.02 Å². The van der Waals surface area contributed by atoms with Crippen LogP contribution in [0.15, 0.2) is 36.5 Å². The molecule has 2 aromatic carbocycles. The van der Waals surface area contributed by atoms with Gasteiger partial charge in [0.05, 0.1) is 16.7 Å². The zero-order chi connectivity index (χ0) is 30.0. The fourth-order valence-electron chi connectivity index (χ4n) is 5.91. The average Bonchev–Trinajstić information content (AvgIpc) is 3.40.